The molecule has 110 valence electrons. The van der Waals surface area contributed by atoms with Crippen molar-refractivity contribution in [2.45, 2.75) is 31.8 Å². The maximum Gasteiger partial charge on any atom is 0.317 e. The highest BCUT2D eigenvalue weighted by Gasteiger charge is 2.26. The van der Waals surface area contributed by atoms with Gasteiger partial charge in [0.2, 0.25) is 0 Å². The van der Waals surface area contributed by atoms with E-state index in [4.69, 9.17) is 0 Å². The van der Waals surface area contributed by atoms with Crippen molar-refractivity contribution in [1.29, 1.82) is 0 Å². The lowest BCUT2D eigenvalue weighted by Crippen LogP contribution is -2.39. The molecule has 1 N–H and O–H groups in total. The number of carbonyl (C=O) groups is 1. The number of aromatic nitrogens is 3. The van der Waals surface area contributed by atoms with Crippen LogP contribution in [0.2, 0.25) is 0 Å². The number of amides is 2. The molecule has 0 spiro atoms. The van der Waals surface area contributed by atoms with Crippen molar-refractivity contribution in [3.05, 3.63) is 42.5 Å². The van der Waals surface area contributed by atoms with Crippen LogP contribution in [0, 0.1) is 0 Å². The molecular formula is C15H19N5O. The van der Waals surface area contributed by atoms with Gasteiger partial charge in [0.25, 0.3) is 0 Å². The molecule has 0 bridgehead atoms. The number of carbonyl (C=O) groups excluding carboxylic acids is 1. The lowest BCUT2D eigenvalue weighted by molar-refractivity contribution is 0.194. The number of benzene rings is 1. The van der Waals surface area contributed by atoms with E-state index in [-0.39, 0.29) is 12.1 Å². The largest absolute Gasteiger partial charge is 0.335 e. The highest BCUT2D eigenvalue weighted by molar-refractivity contribution is 5.75. The molecule has 1 atom stereocenters. The third kappa shape index (κ3) is 3.04. The molecule has 2 amide bonds. The second-order valence-corrected chi connectivity index (χ2v) is 5.44. The molecule has 6 nitrogen and oxygen atoms in total. The fourth-order valence-corrected chi connectivity index (χ4v) is 2.15. The molecule has 1 aliphatic carbocycles. The first kappa shape index (κ1) is 13.6. The molecule has 0 radical (unpaired) electrons. The zero-order chi connectivity index (χ0) is 14.8. The van der Waals surface area contributed by atoms with Crippen LogP contribution in [0.4, 0.5) is 4.79 Å². The predicted molar refractivity (Wildman–Crippen MR) is 79.1 cm³/mol. The van der Waals surface area contributed by atoms with Crippen molar-refractivity contribution in [3.63, 3.8) is 0 Å². The number of urea groups is 1. The second-order valence-electron chi connectivity index (χ2n) is 5.44. The summed E-state index contributed by atoms with van der Waals surface area (Å²) in [5.41, 5.74) is 2.04. The zero-order valence-corrected chi connectivity index (χ0v) is 12.2. The fourth-order valence-electron chi connectivity index (χ4n) is 2.15. The molecule has 1 saturated carbocycles. The molecule has 1 aromatic heterocycles. The molecule has 1 unspecified atom stereocenters. The molecule has 1 fully saturated rings. The second kappa shape index (κ2) is 5.55. The highest BCUT2D eigenvalue weighted by Crippen LogP contribution is 2.23. The topological polar surface area (TPSA) is 63.1 Å². The summed E-state index contributed by atoms with van der Waals surface area (Å²) < 4.78 is 1.71. The average Bonchev–Trinajstić information content (AvgIpc) is 3.15. The summed E-state index contributed by atoms with van der Waals surface area (Å²) in [4.78, 5) is 17.7. The Kier molecular flexibility index (Phi) is 3.60. The summed E-state index contributed by atoms with van der Waals surface area (Å²) in [7, 11) is 1.83. The Labute approximate surface area is 123 Å². The van der Waals surface area contributed by atoms with Gasteiger partial charge < -0.3 is 10.2 Å². The Morgan fingerprint density at radius 2 is 2.10 bits per heavy atom. The molecule has 1 aliphatic rings. The van der Waals surface area contributed by atoms with Gasteiger partial charge in [-0.15, -0.1) is 0 Å². The zero-order valence-electron chi connectivity index (χ0n) is 12.2. The Balaban J connectivity index is 1.69. The van der Waals surface area contributed by atoms with Crippen LogP contribution >= 0.6 is 0 Å². The number of nitrogens with one attached hydrogen (secondary N) is 1. The maximum absolute atomic E-state index is 12.1. The van der Waals surface area contributed by atoms with Crippen LogP contribution in [0.3, 0.4) is 0 Å². The van der Waals surface area contributed by atoms with Crippen LogP contribution in [0.1, 0.15) is 31.4 Å². The van der Waals surface area contributed by atoms with Crippen LogP contribution in [0.5, 0.6) is 0 Å². The van der Waals surface area contributed by atoms with Gasteiger partial charge in [-0.1, -0.05) is 12.1 Å². The Bertz CT molecular complexity index is 604. The van der Waals surface area contributed by atoms with E-state index in [9.17, 15) is 4.79 Å². The van der Waals surface area contributed by atoms with Gasteiger partial charge in [-0.25, -0.2) is 14.5 Å². The maximum atomic E-state index is 12.1. The summed E-state index contributed by atoms with van der Waals surface area (Å²) >= 11 is 0. The van der Waals surface area contributed by atoms with Gasteiger partial charge in [0.15, 0.2) is 0 Å². The molecule has 2 aromatic rings. The Morgan fingerprint density at radius 3 is 2.67 bits per heavy atom. The molecule has 0 saturated heterocycles. The fraction of sp³-hybridized carbons (Fsp3) is 0.400. The average molecular weight is 285 g/mol. The number of rotatable bonds is 4. The van der Waals surface area contributed by atoms with Crippen molar-refractivity contribution >= 4 is 6.03 Å². The monoisotopic (exact) mass is 285 g/mol. The van der Waals surface area contributed by atoms with E-state index in [1.165, 1.54) is 6.33 Å². The van der Waals surface area contributed by atoms with Gasteiger partial charge in [0, 0.05) is 13.1 Å². The van der Waals surface area contributed by atoms with Crippen molar-refractivity contribution in [1.82, 2.24) is 25.0 Å². The summed E-state index contributed by atoms with van der Waals surface area (Å²) in [5.74, 6) is 0. The third-order valence-electron chi connectivity index (χ3n) is 3.87. The molecular weight excluding hydrogens is 266 g/mol. The van der Waals surface area contributed by atoms with Crippen LogP contribution < -0.4 is 5.32 Å². The SMILES string of the molecule is CC(c1ccc(-n2cncn2)cc1)N(C)C(=O)NC1CC1. The van der Waals surface area contributed by atoms with Crippen molar-refractivity contribution in [2.75, 3.05) is 7.05 Å². The van der Waals surface area contributed by atoms with E-state index in [1.54, 1.807) is 15.9 Å². The van der Waals surface area contributed by atoms with Crippen LogP contribution in [-0.2, 0) is 0 Å². The first-order valence-electron chi connectivity index (χ1n) is 7.13. The van der Waals surface area contributed by atoms with E-state index < -0.39 is 0 Å². The quantitative estimate of drug-likeness (QED) is 0.936. The van der Waals surface area contributed by atoms with Gasteiger partial charge in [-0.05, 0) is 37.5 Å². The van der Waals surface area contributed by atoms with Gasteiger partial charge in [-0.2, -0.15) is 5.10 Å². The van der Waals surface area contributed by atoms with E-state index in [2.05, 4.69) is 15.4 Å². The first-order valence-corrected chi connectivity index (χ1v) is 7.13. The van der Waals surface area contributed by atoms with E-state index in [0.29, 0.717) is 6.04 Å². The van der Waals surface area contributed by atoms with Crippen LogP contribution in [0.25, 0.3) is 5.69 Å². The van der Waals surface area contributed by atoms with Crippen molar-refractivity contribution in [3.8, 4) is 5.69 Å². The van der Waals surface area contributed by atoms with Gasteiger partial charge >= 0.3 is 6.03 Å². The minimum atomic E-state index is -0.00893. The summed E-state index contributed by atoms with van der Waals surface area (Å²) in [6.07, 6.45) is 5.36. The van der Waals surface area contributed by atoms with Crippen LogP contribution in [-0.4, -0.2) is 38.8 Å². The normalized spacial score (nSPS) is 15.5. The molecule has 3 rings (SSSR count). The molecule has 1 aromatic carbocycles. The standard InChI is InChI=1S/C15H19N5O/c1-11(19(2)15(21)18-13-5-6-13)12-3-7-14(8-4-12)20-10-16-9-17-20/h3-4,7-11,13H,5-6H2,1-2H3,(H,18,21). The first-order chi connectivity index (χ1) is 10.1. The minimum absolute atomic E-state index is 0.00893. The van der Waals surface area contributed by atoms with Gasteiger partial charge in [0.1, 0.15) is 12.7 Å². The minimum Gasteiger partial charge on any atom is -0.335 e. The predicted octanol–water partition coefficient (Wildman–Crippen LogP) is 2.13. The van der Waals surface area contributed by atoms with Crippen molar-refractivity contribution in [2.24, 2.45) is 0 Å². The van der Waals surface area contributed by atoms with Gasteiger partial charge in [-0.3, -0.25) is 0 Å². The van der Waals surface area contributed by atoms with Crippen molar-refractivity contribution < 1.29 is 4.79 Å². The Hall–Kier alpha value is -2.37. The third-order valence-corrected chi connectivity index (χ3v) is 3.87. The molecule has 1 heterocycles. The lowest BCUT2D eigenvalue weighted by atomic mass is 10.1. The summed E-state index contributed by atoms with van der Waals surface area (Å²) in [6.45, 7) is 2.02. The molecule has 0 aliphatic heterocycles. The van der Waals surface area contributed by atoms with E-state index in [1.807, 2.05) is 38.2 Å². The van der Waals surface area contributed by atoms with Crippen LogP contribution in [0.15, 0.2) is 36.9 Å². The number of hydrogen-bond acceptors (Lipinski definition) is 3. The lowest BCUT2D eigenvalue weighted by Gasteiger charge is -2.25. The number of nitrogens with zero attached hydrogens (tertiary/aromatic N) is 4. The van der Waals surface area contributed by atoms with E-state index >= 15 is 0 Å². The van der Waals surface area contributed by atoms with Gasteiger partial charge in [0.05, 0.1) is 11.7 Å². The smallest absolute Gasteiger partial charge is 0.317 e. The molecule has 6 heteroatoms. The molecule has 21 heavy (non-hydrogen) atoms. The number of hydrogen-bond donors (Lipinski definition) is 1. The Morgan fingerprint density at radius 1 is 1.38 bits per heavy atom. The highest BCUT2D eigenvalue weighted by atomic mass is 16.2. The summed E-state index contributed by atoms with van der Waals surface area (Å²) in [6, 6.07) is 8.38. The van der Waals surface area contributed by atoms with E-state index in [0.717, 1.165) is 24.1 Å². The summed E-state index contributed by atoms with van der Waals surface area (Å²) in [5, 5.41) is 7.10.